The largest absolute Gasteiger partial charge is 0.495 e. The van der Waals surface area contributed by atoms with Crippen LogP contribution in [-0.4, -0.2) is 36.5 Å². The van der Waals surface area contributed by atoms with Crippen LogP contribution in [0.2, 0.25) is 0 Å². The molecular weight excluding hydrogens is 378 g/mol. The molecule has 9 heteroatoms. The molecule has 152 valence electrons. The maximum absolute atomic E-state index is 12.9. The topological polar surface area (TPSA) is 111 Å². The van der Waals surface area contributed by atoms with Gasteiger partial charge in [0.15, 0.2) is 11.9 Å². The van der Waals surface area contributed by atoms with E-state index in [0.717, 1.165) is 0 Å². The van der Waals surface area contributed by atoms with Crippen LogP contribution < -0.4 is 19.7 Å². The van der Waals surface area contributed by atoms with Crippen molar-refractivity contribution >= 4 is 28.9 Å². The minimum Gasteiger partial charge on any atom is -0.495 e. The fourth-order valence-electron chi connectivity index (χ4n) is 3.06. The van der Waals surface area contributed by atoms with Crippen molar-refractivity contribution in [2.45, 2.75) is 20.0 Å². The van der Waals surface area contributed by atoms with Gasteiger partial charge in [0.25, 0.3) is 11.6 Å². The summed E-state index contributed by atoms with van der Waals surface area (Å²) in [5, 5.41) is 13.8. The van der Waals surface area contributed by atoms with Gasteiger partial charge < -0.3 is 14.8 Å². The Labute approximate surface area is 167 Å². The lowest BCUT2D eigenvalue weighted by Gasteiger charge is -2.35. The minimum atomic E-state index is -0.844. The van der Waals surface area contributed by atoms with Gasteiger partial charge in [-0.1, -0.05) is 26.0 Å². The number of fused-ring (bicyclic) bond motifs is 1. The van der Waals surface area contributed by atoms with Crippen LogP contribution in [0.4, 0.5) is 17.1 Å². The standard InChI is InChI=1S/C20H21N3O6/c1-12(2)19-20(25)22(15-9-8-13(23(26)27)10-17(15)29-19)11-18(24)21-14-6-4-5-7-16(14)28-3/h4-10,12,19H,11H2,1-3H3,(H,21,24). The van der Waals surface area contributed by atoms with Gasteiger partial charge in [0, 0.05) is 6.07 Å². The molecule has 29 heavy (non-hydrogen) atoms. The quantitative estimate of drug-likeness (QED) is 0.590. The maximum Gasteiger partial charge on any atom is 0.273 e. The van der Waals surface area contributed by atoms with Crippen molar-refractivity contribution in [2.75, 3.05) is 23.9 Å². The number of non-ortho nitro benzene ring substituents is 1. The Morgan fingerprint density at radius 3 is 2.69 bits per heavy atom. The Balaban J connectivity index is 1.89. The molecule has 0 saturated heterocycles. The lowest BCUT2D eigenvalue weighted by molar-refractivity contribution is -0.384. The summed E-state index contributed by atoms with van der Waals surface area (Å²) in [6.07, 6.45) is -0.844. The first-order valence-electron chi connectivity index (χ1n) is 9.01. The molecule has 2 aromatic rings. The van der Waals surface area contributed by atoms with E-state index in [1.54, 1.807) is 38.1 Å². The number of hydrogen-bond donors (Lipinski definition) is 1. The molecule has 1 aliphatic heterocycles. The smallest absolute Gasteiger partial charge is 0.273 e. The molecule has 1 atom stereocenters. The molecule has 9 nitrogen and oxygen atoms in total. The number of ether oxygens (including phenoxy) is 2. The lowest BCUT2D eigenvalue weighted by atomic mass is 10.0. The molecule has 0 saturated carbocycles. The summed E-state index contributed by atoms with van der Waals surface area (Å²) in [6.45, 7) is 3.34. The highest BCUT2D eigenvalue weighted by Crippen LogP contribution is 2.38. The van der Waals surface area contributed by atoms with Crippen molar-refractivity contribution < 1.29 is 24.0 Å². The summed E-state index contributed by atoms with van der Waals surface area (Å²) in [4.78, 5) is 37.4. The second kappa shape index (κ2) is 8.17. The highest BCUT2D eigenvalue weighted by atomic mass is 16.6. The molecule has 3 rings (SSSR count). The number of anilines is 2. The molecule has 0 aromatic heterocycles. The third kappa shape index (κ3) is 4.13. The average molecular weight is 399 g/mol. The van der Waals surface area contributed by atoms with Gasteiger partial charge in [0.1, 0.15) is 12.3 Å². The molecule has 1 heterocycles. The van der Waals surface area contributed by atoms with Crippen molar-refractivity contribution in [3.05, 3.63) is 52.6 Å². The van der Waals surface area contributed by atoms with Gasteiger partial charge in [-0.3, -0.25) is 24.6 Å². The summed E-state index contributed by atoms with van der Waals surface area (Å²) in [6, 6.07) is 10.9. The summed E-state index contributed by atoms with van der Waals surface area (Å²) < 4.78 is 10.9. The number of nitrogens with one attached hydrogen (secondary N) is 1. The summed E-state index contributed by atoms with van der Waals surface area (Å²) in [7, 11) is 1.49. The van der Waals surface area contributed by atoms with E-state index in [2.05, 4.69) is 5.32 Å². The molecule has 0 fully saturated rings. The highest BCUT2D eigenvalue weighted by molar-refractivity contribution is 6.06. The Bertz CT molecular complexity index is 959. The zero-order chi connectivity index (χ0) is 21.1. The van der Waals surface area contributed by atoms with E-state index in [-0.39, 0.29) is 29.8 Å². The maximum atomic E-state index is 12.9. The number of rotatable bonds is 6. The number of benzene rings is 2. The normalized spacial score (nSPS) is 15.5. The monoisotopic (exact) mass is 399 g/mol. The third-order valence-corrected chi connectivity index (χ3v) is 4.50. The van der Waals surface area contributed by atoms with Crippen LogP contribution in [-0.2, 0) is 9.59 Å². The molecule has 0 aliphatic carbocycles. The fraction of sp³-hybridized carbons (Fsp3) is 0.300. The Morgan fingerprint density at radius 2 is 2.03 bits per heavy atom. The van der Waals surface area contributed by atoms with Gasteiger partial charge in [0.05, 0.1) is 29.5 Å². The van der Waals surface area contributed by atoms with E-state index in [1.165, 1.54) is 30.2 Å². The van der Waals surface area contributed by atoms with E-state index < -0.39 is 16.9 Å². The summed E-state index contributed by atoms with van der Waals surface area (Å²) in [5.41, 5.74) is 0.636. The van der Waals surface area contributed by atoms with Crippen molar-refractivity contribution in [1.29, 1.82) is 0 Å². The van der Waals surface area contributed by atoms with Crippen LogP contribution in [0.1, 0.15) is 13.8 Å². The molecule has 1 aliphatic rings. The number of methoxy groups -OCH3 is 1. The second-order valence-electron chi connectivity index (χ2n) is 6.86. The SMILES string of the molecule is COc1ccccc1NC(=O)CN1C(=O)C(C(C)C)Oc2cc([N+](=O)[O-])ccc21. The lowest BCUT2D eigenvalue weighted by Crippen LogP contribution is -2.50. The zero-order valence-electron chi connectivity index (χ0n) is 16.2. The van der Waals surface area contributed by atoms with E-state index >= 15 is 0 Å². The zero-order valence-corrected chi connectivity index (χ0v) is 16.2. The van der Waals surface area contributed by atoms with Crippen molar-refractivity contribution in [3.8, 4) is 11.5 Å². The van der Waals surface area contributed by atoms with Gasteiger partial charge in [-0.2, -0.15) is 0 Å². The van der Waals surface area contributed by atoms with Crippen LogP contribution in [0.5, 0.6) is 11.5 Å². The van der Waals surface area contributed by atoms with Crippen LogP contribution in [0, 0.1) is 16.0 Å². The van der Waals surface area contributed by atoms with Crippen LogP contribution in [0.25, 0.3) is 0 Å². The van der Waals surface area contributed by atoms with Gasteiger partial charge in [-0.25, -0.2) is 0 Å². The number of nitro groups is 1. The molecule has 1 N–H and O–H groups in total. The summed E-state index contributed by atoms with van der Waals surface area (Å²) in [5.74, 6) is -0.310. The van der Waals surface area contributed by atoms with Crippen molar-refractivity contribution in [1.82, 2.24) is 0 Å². The number of para-hydroxylation sites is 2. The fourth-order valence-corrected chi connectivity index (χ4v) is 3.06. The number of amides is 2. The number of nitrogens with zero attached hydrogens (tertiary/aromatic N) is 2. The number of hydrogen-bond acceptors (Lipinski definition) is 6. The molecule has 1 unspecified atom stereocenters. The predicted molar refractivity (Wildman–Crippen MR) is 106 cm³/mol. The van der Waals surface area contributed by atoms with Gasteiger partial charge in [-0.15, -0.1) is 0 Å². The third-order valence-electron chi connectivity index (χ3n) is 4.50. The Hall–Kier alpha value is -3.62. The molecule has 2 aromatic carbocycles. The molecule has 0 radical (unpaired) electrons. The van der Waals surface area contributed by atoms with Gasteiger partial charge in [0.2, 0.25) is 5.91 Å². The van der Waals surface area contributed by atoms with E-state index in [4.69, 9.17) is 9.47 Å². The molecule has 0 bridgehead atoms. The Kier molecular flexibility index (Phi) is 5.67. The molecular formula is C20H21N3O6. The van der Waals surface area contributed by atoms with Gasteiger partial charge >= 0.3 is 0 Å². The number of nitro benzene ring substituents is 1. The second-order valence-corrected chi connectivity index (χ2v) is 6.86. The van der Waals surface area contributed by atoms with E-state index in [0.29, 0.717) is 17.1 Å². The van der Waals surface area contributed by atoms with E-state index in [1.807, 2.05) is 0 Å². The summed E-state index contributed by atoms with van der Waals surface area (Å²) >= 11 is 0. The number of carbonyl (C=O) groups excluding carboxylic acids is 2. The van der Waals surface area contributed by atoms with Crippen molar-refractivity contribution in [2.24, 2.45) is 5.92 Å². The van der Waals surface area contributed by atoms with Crippen LogP contribution >= 0.6 is 0 Å². The molecule has 0 spiro atoms. The van der Waals surface area contributed by atoms with Crippen LogP contribution in [0.15, 0.2) is 42.5 Å². The minimum absolute atomic E-state index is 0.154. The Morgan fingerprint density at radius 1 is 1.31 bits per heavy atom. The predicted octanol–water partition coefficient (Wildman–Crippen LogP) is 2.99. The average Bonchev–Trinajstić information content (AvgIpc) is 2.69. The van der Waals surface area contributed by atoms with Crippen molar-refractivity contribution in [3.63, 3.8) is 0 Å². The first-order valence-corrected chi connectivity index (χ1v) is 9.01. The first kappa shape index (κ1) is 20.1. The number of carbonyl (C=O) groups is 2. The van der Waals surface area contributed by atoms with E-state index in [9.17, 15) is 19.7 Å². The van der Waals surface area contributed by atoms with Crippen LogP contribution in [0.3, 0.4) is 0 Å². The molecule has 2 amide bonds. The highest BCUT2D eigenvalue weighted by Gasteiger charge is 2.38. The van der Waals surface area contributed by atoms with Gasteiger partial charge in [-0.05, 0) is 24.1 Å². The first-order chi connectivity index (χ1) is 13.8.